The van der Waals surface area contributed by atoms with Gasteiger partial charge in [-0.3, -0.25) is 4.79 Å². The molecule has 0 spiro atoms. The molecule has 228 valence electrons. The molecule has 1 fully saturated rings. The smallest absolute Gasteiger partial charge is 0.855 e. The molecule has 15 heteroatoms. The number of ketones is 1. The maximum Gasteiger partial charge on any atom is 1.00 e. The first-order chi connectivity index (χ1) is 19.6. The van der Waals surface area contributed by atoms with E-state index in [0.29, 0.717) is 44.6 Å². The number of benzene rings is 1. The summed E-state index contributed by atoms with van der Waals surface area (Å²) in [5, 5.41) is 17.4. The van der Waals surface area contributed by atoms with Crippen LogP contribution in [0.5, 0.6) is 0 Å². The van der Waals surface area contributed by atoms with Crippen molar-refractivity contribution in [2.45, 2.75) is 57.2 Å². The number of ether oxygens (including phenoxy) is 1. The van der Waals surface area contributed by atoms with Gasteiger partial charge < -0.3 is 18.9 Å². The molecule has 2 bridgehead atoms. The Kier molecular flexibility index (Phi) is 13.6. The predicted molar refractivity (Wildman–Crippen MR) is 162 cm³/mol. The fourth-order valence-electron chi connectivity index (χ4n) is 4.93. The van der Waals surface area contributed by atoms with Gasteiger partial charge in [0, 0.05) is 17.7 Å². The maximum atomic E-state index is 12.5. The SMILES string of the molecule is CCOC(=O)c1cc(Cl)c(Cl)c(-c2cc(C)no2)c1C.CC[O-].Cc1cc(C2C(C)C3(Cl)C(=O)C2(Cl)C(Cl)=C3Cl)on1.[Na+]. The standard InChI is InChI=1S/C14H13Cl2NO3.C12H9Cl4NO2.C2H5O.Na/c1-4-19-14(18)9-6-10(15)13(16)12(8(9)3)11-5-7(2)17-20-11;1-4-3-6(19-17-4)7-5(2)11(15)8(13)9(14)12(7,16)10(11)18;1-2-3;/h5-6H,4H2,1-3H3;3,5,7H,1-2H3;2H2,1H3;/q;;-1;+1. The van der Waals surface area contributed by atoms with Crippen molar-refractivity contribution < 1.29 is 58.0 Å². The van der Waals surface area contributed by atoms with Gasteiger partial charge in [-0.2, -0.15) is 0 Å². The Morgan fingerprint density at radius 1 is 0.977 bits per heavy atom. The van der Waals surface area contributed by atoms with Crippen LogP contribution in [0.2, 0.25) is 10.0 Å². The van der Waals surface area contributed by atoms with Gasteiger partial charge in [-0.25, -0.2) is 4.79 Å². The molecular formula is C28H27Cl6N2NaO6. The summed E-state index contributed by atoms with van der Waals surface area (Å²) in [6.07, 6.45) is 0. The molecule has 2 heterocycles. The number of aromatic nitrogens is 2. The third kappa shape index (κ3) is 6.85. The summed E-state index contributed by atoms with van der Waals surface area (Å²) >= 11 is 37.5. The molecule has 4 unspecified atom stereocenters. The summed E-state index contributed by atoms with van der Waals surface area (Å²) in [4.78, 5) is 21.6. The van der Waals surface area contributed by atoms with Gasteiger partial charge in [0.1, 0.15) is 10.6 Å². The average Bonchev–Trinajstić information content (AvgIpc) is 3.62. The van der Waals surface area contributed by atoms with Crippen LogP contribution in [0, 0.1) is 26.7 Å². The summed E-state index contributed by atoms with van der Waals surface area (Å²) in [7, 11) is 0. The van der Waals surface area contributed by atoms with Crippen LogP contribution in [-0.2, 0) is 9.53 Å². The van der Waals surface area contributed by atoms with Crippen molar-refractivity contribution in [2.24, 2.45) is 5.92 Å². The van der Waals surface area contributed by atoms with Crippen LogP contribution in [-0.4, -0.2) is 45.0 Å². The second kappa shape index (κ2) is 15.2. The number of allylic oxidation sites excluding steroid dienone is 2. The molecule has 2 aliphatic rings. The largest absolute Gasteiger partial charge is 1.00 e. The number of carbonyl (C=O) groups is 2. The van der Waals surface area contributed by atoms with Crippen LogP contribution < -0.4 is 34.7 Å². The number of rotatable bonds is 4. The molecule has 0 saturated heterocycles. The molecule has 0 aliphatic heterocycles. The van der Waals surface area contributed by atoms with Crippen molar-refractivity contribution in [3.05, 3.63) is 66.6 Å². The molecule has 2 aliphatic carbocycles. The number of aryl methyl sites for hydroxylation is 2. The number of carbonyl (C=O) groups excluding carboxylic acids is 2. The van der Waals surface area contributed by atoms with E-state index < -0.39 is 21.6 Å². The van der Waals surface area contributed by atoms with Gasteiger partial charge in [0.05, 0.1) is 49.6 Å². The summed E-state index contributed by atoms with van der Waals surface area (Å²) in [6, 6.07) is 4.97. The molecule has 1 saturated carbocycles. The van der Waals surface area contributed by atoms with Crippen molar-refractivity contribution in [2.75, 3.05) is 13.2 Å². The van der Waals surface area contributed by atoms with E-state index in [9.17, 15) is 9.59 Å². The first-order valence-corrected chi connectivity index (χ1v) is 15.0. The Morgan fingerprint density at radius 2 is 1.51 bits per heavy atom. The van der Waals surface area contributed by atoms with Gasteiger partial charge >= 0.3 is 35.5 Å². The Balaban J connectivity index is 0.000000270. The van der Waals surface area contributed by atoms with Crippen LogP contribution in [0.4, 0.5) is 0 Å². The number of hydrogen-bond donors (Lipinski definition) is 0. The molecule has 1 aromatic carbocycles. The second-order valence-electron chi connectivity index (χ2n) is 9.58. The number of esters is 1. The molecular weight excluding hydrogens is 696 g/mol. The number of alkyl halides is 2. The zero-order valence-corrected chi connectivity index (χ0v) is 30.9. The second-order valence-corrected chi connectivity index (χ2v) is 12.3. The monoisotopic (exact) mass is 720 g/mol. The number of Topliss-reactive ketones (excluding diaryl/α,β-unsaturated/α-hetero) is 1. The van der Waals surface area contributed by atoms with Gasteiger partial charge in [0.25, 0.3) is 0 Å². The molecule has 0 N–H and O–H groups in total. The van der Waals surface area contributed by atoms with E-state index in [1.807, 2.05) is 6.92 Å². The van der Waals surface area contributed by atoms with Crippen molar-refractivity contribution in [1.29, 1.82) is 0 Å². The van der Waals surface area contributed by atoms with E-state index in [0.717, 1.165) is 0 Å². The minimum absolute atomic E-state index is 0. The van der Waals surface area contributed by atoms with Gasteiger partial charge in [-0.15, -0.1) is 29.8 Å². The Morgan fingerprint density at radius 3 is 1.98 bits per heavy atom. The van der Waals surface area contributed by atoms with Gasteiger partial charge in [0.15, 0.2) is 16.4 Å². The normalized spacial score (nSPS) is 23.7. The van der Waals surface area contributed by atoms with Crippen LogP contribution in [0.3, 0.4) is 0 Å². The molecule has 2 aromatic heterocycles. The zero-order valence-electron chi connectivity index (χ0n) is 24.4. The van der Waals surface area contributed by atoms with E-state index in [-0.39, 0.29) is 69.6 Å². The first-order valence-electron chi connectivity index (χ1n) is 12.7. The molecule has 0 amide bonds. The Bertz CT molecular complexity index is 1540. The number of halogens is 6. The molecule has 0 radical (unpaired) electrons. The predicted octanol–water partition coefficient (Wildman–Crippen LogP) is 4.76. The van der Waals surface area contributed by atoms with E-state index in [4.69, 9.17) is 88.5 Å². The third-order valence-corrected chi connectivity index (χ3v) is 10.2. The fraction of sp³-hybridized carbons (Fsp3) is 0.429. The topological polar surface area (TPSA) is 118 Å². The maximum absolute atomic E-state index is 12.5. The van der Waals surface area contributed by atoms with E-state index in [1.54, 1.807) is 46.8 Å². The Labute approximate surface area is 301 Å². The molecule has 5 rings (SSSR count). The van der Waals surface area contributed by atoms with Crippen LogP contribution in [0.1, 0.15) is 59.8 Å². The van der Waals surface area contributed by atoms with Crippen LogP contribution in [0.15, 0.2) is 37.3 Å². The van der Waals surface area contributed by atoms with E-state index in [1.165, 1.54) is 6.07 Å². The van der Waals surface area contributed by atoms with Crippen molar-refractivity contribution >= 4 is 81.4 Å². The summed E-state index contributed by atoms with van der Waals surface area (Å²) < 4.78 is 15.5. The molecule has 43 heavy (non-hydrogen) atoms. The summed E-state index contributed by atoms with van der Waals surface area (Å²) in [5.74, 6) is -0.668. The van der Waals surface area contributed by atoms with Crippen molar-refractivity contribution in [1.82, 2.24) is 10.3 Å². The van der Waals surface area contributed by atoms with Gasteiger partial charge in [0.2, 0.25) is 0 Å². The molecule has 3 aromatic rings. The number of hydrogen-bond acceptors (Lipinski definition) is 8. The zero-order chi connectivity index (χ0) is 31.7. The average molecular weight is 723 g/mol. The van der Waals surface area contributed by atoms with Crippen LogP contribution >= 0.6 is 69.6 Å². The first kappa shape index (κ1) is 38.4. The number of fused-ring (bicyclic) bond motifs is 2. The minimum atomic E-state index is -1.45. The summed E-state index contributed by atoms with van der Waals surface area (Å²) in [5.41, 5.74) is 2.99. The molecule has 8 nitrogen and oxygen atoms in total. The quantitative estimate of drug-likeness (QED) is 0.215. The van der Waals surface area contributed by atoms with Crippen molar-refractivity contribution in [3.63, 3.8) is 0 Å². The van der Waals surface area contributed by atoms with Gasteiger partial charge in [-0.05, 0) is 45.2 Å². The number of nitrogens with zero attached hydrogens (tertiary/aromatic N) is 2. The minimum Gasteiger partial charge on any atom is -0.855 e. The van der Waals surface area contributed by atoms with Crippen LogP contribution in [0.25, 0.3) is 11.3 Å². The Hall–Kier alpha value is -0.780. The molecule has 4 atom stereocenters. The van der Waals surface area contributed by atoms with E-state index in [2.05, 4.69) is 10.3 Å². The fourth-order valence-corrected chi connectivity index (χ4v) is 7.23. The van der Waals surface area contributed by atoms with E-state index >= 15 is 0 Å². The third-order valence-electron chi connectivity index (χ3n) is 6.85. The van der Waals surface area contributed by atoms with Gasteiger partial charge in [-0.1, -0.05) is 70.6 Å². The van der Waals surface area contributed by atoms with Crippen molar-refractivity contribution in [3.8, 4) is 11.3 Å². The summed E-state index contributed by atoms with van der Waals surface area (Å²) in [6.45, 7) is 10.8.